The normalized spacial score (nSPS) is 16.7. The van der Waals surface area contributed by atoms with Crippen molar-refractivity contribution < 1.29 is 39.0 Å². The largest absolute Gasteiger partial charge is 0.397 e. The van der Waals surface area contributed by atoms with Gasteiger partial charge in [-0.15, -0.1) is 0 Å². The standard InChI is InChI=1S/C6H14O9S2/c1-5(14-16(7,8)9)3-13-4-6(2)15-17(10,11)12/h5-6H,3-4H2,1-2H3,(H,7,8,9)(H,10,11,12). The van der Waals surface area contributed by atoms with Gasteiger partial charge >= 0.3 is 20.8 Å². The molecule has 0 radical (unpaired) electrons. The van der Waals surface area contributed by atoms with E-state index in [-0.39, 0.29) is 13.2 Å². The van der Waals surface area contributed by atoms with Crippen LogP contribution in [0.25, 0.3) is 0 Å². The molecule has 11 heteroatoms. The minimum absolute atomic E-state index is 0.209. The van der Waals surface area contributed by atoms with Gasteiger partial charge in [-0.3, -0.25) is 9.11 Å². The van der Waals surface area contributed by atoms with Gasteiger partial charge in [-0.1, -0.05) is 0 Å². The second-order valence-electron chi connectivity index (χ2n) is 3.21. The Bertz CT molecular complexity index is 371. The van der Waals surface area contributed by atoms with Crippen molar-refractivity contribution in [1.29, 1.82) is 0 Å². The Morgan fingerprint density at radius 1 is 0.882 bits per heavy atom. The summed E-state index contributed by atoms with van der Waals surface area (Å²) in [7, 11) is -9.10. The van der Waals surface area contributed by atoms with Gasteiger partial charge in [-0.25, -0.2) is 8.37 Å². The van der Waals surface area contributed by atoms with Crippen LogP contribution in [0.5, 0.6) is 0 Å². The van der Waals surface area contributed by atoms with Gasteiger partial charge in [0.25, 0.3) is 0 Å². The zero-order valence-corrected chi connectivity index (χ0v) is 10.8. The highest BCUT2D eigenvalue weighted by Gasteiger charge is 2.15. The Kier molecular flexibility index (Phi) is 6.47. The van der Waals surface area contributed by atoms with Crippen LogP contribution in [0.1, 0.15) is 13.8 Å². The summed E-state index contributed by atoms with van der Waals surface area (Å²) in [4.78, 5) is 0. The topological polar surface area (TPSA) is 136 Å². The van der Waals surface area contributed by atoms with Gasteiger partial charge in [-0.05, 0) is 13.8 Å². The maximum atomic E-state index is 10.3. The Hall–Kier alpha value is -0.300. The number of rotatable bonds is 8. The van der Waals surface area contributed by atoms with Crippen LogP contribution in [0.2, 0.25) is 0 Å². The molecule has 0 heterocycles. The summed E-state index contributed by atoms with van der Waals surface area (Å²) in [5.41, 5.74) is 0. The summed E-state index contributed by atoms with van der Waals surface area (Å²) >= 11 is 0. The van der Waals surface area contributed by atoms with Crippen molar-refractivity contribution in [3.05, 3.63) is 0 Å². The number of hydrogen-bond donors (Lipinski definition) is 2. The highest BCUT2D eigenvalue weighted by molar-refractivity contribution is 7.81. The first kappa shape index (κ1) is 16.7. The van der Waals surface area contributed by atoms with E-state index in [0.29, 0.717) is 0 Å². The molecule has 2 atom stereocenters. The predicted molar refractivity (Wildman–Crippen MR) is 55.0 cm³/mol. The van der Waals surface area contributed by atoms with Crippen LogP contribution in [0, 0.1) is 0 Å². The summed E-state index contributed by atoms with van der Waals surface area (Å²) in [6.45, 7) is 2.22. The third-order valence-electron chi connectivity index (χ3n) is 1.28. The lowest BCUT2D eigenvalue weighted by Crippen LogP contribution is -2.25. The summed E-state index contributed by atoms with van der Waals surface area (Å²) in [5.74, 6) is 0. The molecule has 0 aliphatic carbocycles. The summed E-state index contributed by atoms with van der Waals surface area (Å²) in [6, 6.07) is 0. The van der Waals surface area contributed by atoms with Crippen molar-refractivity contribution >= 4 is 20.8 Å². The van der Waals surface area contributed by atoms with E-state index in [1.165, 1.54) is 13.8 Å². The molecule has 0 saturated carbocycles. The molecular formula is C6H14O9S2. The first-order valence-electron chi connectivity index (χ1n) is 4.39. The van der Waals surface area contributed by atoms with Crippen LogP contribution < -0.4 is 0 Å². The van der Waals surface area contributed by atoms with Gasteiger partial charge in [0.2, 0.25) is 0 Å². The van der Waals surface area contributed by atoms with Gasteiger partial charge in [0.15, 0.2) is 0 Å². The molecule has 0 amide bonds. The van der Waals surface area contributed by atoms with Gasteiger partial charge in [-0.2, -0.15) is 16.8 Å². The smallest absolute Gasteiger partial charge is 0.376 e. The van der Waals surface area contributed by atoms with E-state index in [2.05, 4.69) is 8.37 Å². The van der Waals surface area contributed by atoms with Crippen molar-refractivity contribution in [1.82, 2.24) is 0 Å². The maximum Gasteiger partial charge on any atom is 0.397 e. The van der Waals surface area contributed by atoms with Gasteiger partial charge < -0.3 is 4.74 Å². The van der Waals surface area contributed by atoms with Crippen molar-refractivity contribution in [3.8, 4) is 0 Å². The molecule has 2 N–H and O–H groups in total. The molecule has 2 unspecified atom stereocenters. The van der Waals surface area contributed by atoms with Crippen LogP contribution in [0.3, 0.4) is 0 Å². The first-order valence-corrected chi connectivity index (χ1v) is 7.12. The van der Waals surface area contributed by atoms with Gasteiger partial charge in [0, 0.05) is 0 Å². The summed E-state index contributed by atoms with van der Waals surface area (Å²) in [6.07, 6.45) is -1.88. The fourth-order valence-electron chi connectivity index (χ4n) is 0.871. The fraction of sp³-hybridized carbons (Fsp3) is 1.00. The Balaban J connectivity index is 3.85. The Labute approximate surface area is 99.6 Å². The molecule has 0 bridgehead atoms. The van der Waals surface area contributed by atoms with Crippen LogP contribution >= 0.6 is 0 Å². The average molecular weight is 294 g/mol. The number of hydrogen-bond acceptors (Lipinski definition) is 7. The minimum atomic E-state index is -4.55. The summed E-state index contributed by atoms with van der Waals surface area (Å²) in [5, 5.41) is 0. The van der Waals surface area contributed by atoms with Gasteiger partial charge in [0.05, 0.1) is 25.4 Å². The van der Waals surface area contributed by atoms with Crippen LogP contribution in [-0.4, -0.2) is 51.4 Å². The molecule has 0 fully saturated rings. The van der Waals surface area contributed by atoms with E-state index in [0.717, 1.165) is 0 Å². The molecule has 0 aliphatic rings. The average Bonchev–Trinajstić information content (AvgIpc) is 1.95. The van der Waals surface area contributed by atoms with Crippen LogP contribution in [-0.2, 0) is 33.9 Å². The lowest BCUT2D eigenvalue weighted by molar-refractivity contribution is 0.0166. The molecule has 0 aromatic heterocycles. The Morgan fingerprint density at radius 3 is 1.41 bits per heavy atom. The lowest BCUT2D eigenvalue weighted by Gasteiger charge is -2.13. The minimum Gasteiger partial charge on any atom is -0.376 e. The Morgan fingerprint density at radius 2 is 1.18 bits per heavy atom. The van der Waals surface area contributed by atoms with Crippen molar-refractivity contribution in [2.75, 3.05) is 13.2 Å². The predicted octanol–water partition coefficient (Wildman–Crippen LogP) is -0.581. The van der Waals surface area contributed by atoms with Gasteiger partial charge in [0.1, 0.15) is 0 Å². The second-order valence-corrected chi connectivity index (χ2v) is 5.30. The number of ether oxygens (including phenoxy) is 1. The third kappa shape index (κ3) is 12.0. The molecule has 9 nitrogen and oxygen atoms in total. The molecular weight excluding hydrogens is 280 g/mol. The highest BCUT2D eigenvalue weighted by atomic mass is 32.3. The monoisotopic (exact) mass is 294 g/mol. The van der Waals surface area contributed by atoms with Crippen LogP contribution in [0.4, 0.5) is 0 Å². The fourth-order valence-corrected chi connectivity index (χ4v) is 1.81. The zero-order chi connectivity index (χ0) is 13.7. The first-order chi connectivity index (χ1) is 7.49. The van der Waals surface area contributed by atoms with E-state index in [1.807, 2.05) is 0 Å². The van der Waals surface area contributed by atoms with Crippen molar-refractivity contribution in [3.63, 3.8) is 0 Å². The van der Waals surface area contributed by atoms with E-state index in [9.17, 15) is 16.8 Å². The lowest BCUT2D eigenvalue weighted by atomic mass is 10.4. The quantitative estimate of drug-likeness (QED) is 0.563. The molecule has 0 spiro atoms. The molecule has 0 aliphatic heterocycles. The summed E-state index contributed by atoms with van der Waals surface area (Å²) < 4.78 is 70.8. The zero-order valence-electron chi connectivity index (χ0n) is 9.14. The molecule has 0 rings (SSSR count). The molecule has 0 aromatic carbocycles. The van der Waals surface area contributed by atoms with E-state index < -0.39 is 33.0 Å². The van der Waals surface area contributed by atoms with E-state index in [4.69, 9.17) is 13.8 Å². The van der Waals surface area contributed by atoms with E-state index in [1.54, 1.807) is 0 Å². The third-order valence-corrected chi connectivity index (χ3v) is 2.42. The van der Waals surface area contributed by atoms with Crippen LogP contribution in [0.15, 0.2) is 0 Å². The molecule has 0 saturated heterocycles. The molecule has 0 aromatic rings. The molecule has 104 valence electrons. The van der Waals surface area contributed by atoms with Crippen molar-refractivity contribution in [2.24, 2.45) is 0 Å². The van der Waals surface area contributed by atoms with E-state index >= 15 is 0 Å². The molecule has 17 heavy (non-hydrogen) atoms. The SMILES string of the molecule is CC(COCC(C)OS(=O)(=O)O)OS(=O)(=O)O. The second kappa shape index (κ2) is 6.58. The highest BCUT2D eigenvalue weighted by Crippen LogP contribution is 2.01. The van der Waals surface area contributed by atoms with Crippen molar-refractivity contribution in [2.45, 2.75) is 26.1 Å². The maximum absolute atomic E-state index is 10.3.